The SMILES string of the molecule is C=C1C(=O)O[C@H]2/C=C(/C)CC/C=C(/C(=O)OC)[C@H](OC(C)=O)[C@@H](OC(=O)[C@@]3(C)O[C@H]3C)[C@@H]12. The van der Waals surface area contributed by atoms with Gasteiger partial charge in [0, 0.05) is 12.5 Å². The topological polar surface area (TPSA) is 118 Å². The summed E-state index contributed by atoms with van der Waals surface area (Å²) in [6.45, 7) is 10.2. The molecule has 2 saturated heterocycles. The van der Waals surface area contributed by atoms with Crippen LogP contribution in [0.1, 0.15) is 40.5 Å². The molecule has 3 rings (SSSR count). The summed E-state index contributed by atoms with van der Waals surface area (Å²) < 4.78 is 27.1. The second kappa shape index (κ2) is 8.90. The van der Waals surface area contributed by atoms with Gasteiger partial charge in [0.2, 0.25) is 0 Å². The average Bonchev–Trinajstić information content (AvgIpc) is 3.25. The number of epoxide rings is 1. The van der Waals surface area contributed by atoms with E-state index in [1.54, 1.807) is 26.0 Å². The van der Waals surface area contributed by atoms with E-state index in [0.717, 1.165) is 5.57 Å². The highest BCUT2D eigenvalue weighted by atomic mass is 16.7. The van der Waals surface area contributed by atoms with Crippen molar-refractivity contribution in [1.82, 2.24) is 0 Å². The van der Waals surface area contributed by atoms with Gasteiger partial charge in [-0.1, -0.05) is 18.2 Å². The van der Waals surface area contributed by atoms with Crippen LogP contribution in [0.4, 0.5) is 0 Å². The van der Waals surface area contributed by atoms with Crippen LogP contribution in [0.2, 0.25) is 0 Å². The summed E-state index contributed by atoms with van der Waals surface area (Å²) >= 11 is 0. The molecule has 9 heteroatoms. The van der Waals surface area contributed by atoms with Crippen molar-refractivity contribution in [2.75, 3.05) is 7.11 Å². The number of ether oxygens (including phenoxy) is 5. The van der Waals surface area contributed by atoms with Gasteiger partial charge in [-0.2, -0.15) is 0 Å². The minimum atomic E-state index is -1.34. The number of allylic oxidation sites excluding steroid dienone is 2. The normalized spacial score (nSPS) is 37.6. The third-order valence-electron chi connectivity index (χ3n) is 6.07. The van der Waals surface area contributed by atoms with E-state index < -0.39 is 53.7 Å². The standard InChI is InChI=1S/C23H28O9/c1-11-8-7-9-15(21(26)28-6)18(29-14(4)24)19(31-22(27)23(5)13(3)32-23)17-12(2)20(25)30-16(17)10-11/h9-10,13,16-19H,2,7-8H2,1,3-6H3/b11-10-,15-9+/t13-,16-,17-,18-,19-,23-/m0/s1. The number of carbonyl (C=O) groups is 4. The van der Waals surface area contributed by atoms with Gasteiger partial charge in [0.05, 0.1) is 24.7 Å². The van der Waals surface area contributed by atoms with E-state index in [-0.39, 0.29) is 17.3 Å². The zero-order valence-corrected chi connectivity index (χ0v) is 18.8. The van der Waals surface area contributed by atoms with Crippen LogP contribution >= 0.6 is 0 Å². The summed E-state index contributed by atoms with van der Waals surface area (Å²) in [5.41, 5.74) is -0.216. The second-order valence-corrected chi connectivity index (χ2v) is 8.39. The van der Waals surface area contributed by atoms with Crippen LogP contribution in [0.25, 0.3) is 0 Å². The first-order valence-electron chi connectivity index (χ1n) is 10.4. The van der Waals surface area contributed by atoms with Crippen LogP contribution in [0, 0.1) is 5.92 Å². The largest absolute Gasteiger partial charge is 0.466 e. The Labute approximate surface area is 186 Å². The fourth-order valence-electron chi connectivity index (χ4n) is 3.98. The van der Waals surface area contributed by atoms with Gasteiger partial charge in [-0.05, 0) is 39.7 Å². The molecule has 32 heavy (non-hydrogen) atoms. The maximum Gasteiger partial charge on any atom is 0.341 e. The molecule has 0 N–H and O–H groups in total. The van der Waals surface area contributed by atoms with Crippen molar-refractivity contribution in [3.63, 3.8) is 0 Å². The Bertz CT molecular complexity index is 914. The molecule has 0 bridgehead atoms. The Morgan fingerprint density at radius 2 is 1.91 bits per heavy atom. The molecule has 0 aromatic heterocycles. The summed E-state index contributed by atoms with van der Waals surface area (Å²) in [4.78, 5) is 50.0. The summed E-state index contributed by atoms with van der Waals surface area (Å²) in [6, 6.07) is 0. The van der Waals surface area contributed by atoms with Gasteiger partial charge in [0.25, 0.3) is 0 Å². The predicted octanol–water partition coefficient (Wildman–Crippen LogP) is 1.94. The van der Waals surface area contributed by atoms with E-state index >= 15 is 0 Å². The zero-order chi connectivity index (χ0) is 23.8. The fourth-order valence-corrected chi connectivity index (χ4v) is 3.98. The lowest BCUT2D eigenvalue weighted by atomic mass is 9.83. The van der Waals surface area contributed by atoms with Crippen LogP contribution in [0.15, 0.2) is 35.5 Å². The highest BCUT2D eigenvalue weighted by Crippen LogP contribution is 2.41. The molecule has 174 valence electrons. The lowest BCUT2D eigenvalue weighted by molar-refractivity contribution is -0.173. The number of methoxy groups -OCH3 is 1. The van der Waals surface area contributed by atoms with Crippen molar-refractivity contribution in [1.29, 1.82) is 0 Å². The van der Waals surface area contributed by atoms with Crippen molar-refractivity contribution in [2.24, 2.45) is 5.92 Å². The number of hydrogen-bond acceptors (Lipinski definition) is 9. The number of hydrogen-bond donors (Lipinski definition) is 0. The molecule has 0 unspecified atom stereocenters. The number of carbonyl (C=O) groups excluding carboxylic acids is 4. The van der Waals surface area contributed by atoms with Crippen LogP contribution in [-0.4, -0.2) is 61.0 Å². The van der Waals surface area contributed by atoms with Gasteiger partial charge in [-0.25, -0.2) is 14.4 Å². The van der Waals surface area contributed by atoms with Crippen molar-refractivity contribution in [3.05, 3.63) is 35.5 Å². The van der Waals surface area contributed by atoms with Crippen LogP contribution < -0.4 is 0 Å². The third-order valence-corrected chi connectivity index (χ3v) is 6.07. The summed E-state index contributed by atoms with van der Waals surface area (Å²) in [5, 5.41) is 0. The van der Waals surface area contributed by atoms with Crippen molar-refractivity contribution >= 4 is 23.9 Å². The maximum absolute atomic E-state index is 13.0. The van der Waals surface area contributed by atoms with Gasteiger partial charge in [-0.15, -0.1) is 0 Å². The maximum atomic E-state index is 13.0. The van der Waals surface area contributed by atoms with Gasteiger partial charge >= 0.3 is 23.9 Å². The molecule has 0 saturated carbocycles. The van der Waals surface area contributed by atoms with Crippen LogP contribution in [-0.2, 0) is 42.9 Å². The lowest BCUT2D eigenvalue weighted by Crippen LogP contribution is -2.47. The van der Waals surface area contributed by atoms with E-state index in [9.17, 15) is 19.2 Å². The third kappa shape index (κ3) is 4.48. The van der Waals surface area contributed by atoms with E-state index in [0.29, 0.717) is 12.8 Å². The van der Waals surface area contributed by atoms with E-state index in [4.69, 9.17) is 23.7 Å². The molecule has 1 aliphatic carbocycles. The predicted molar refractivity (Wildman–Crippen MR) is 110 cm³/mol. The van der Waals surface area contributed by atoms with Crippen molar-refractivity contribution in [3.8, 4) is 0 Å². The van der Waals surface area contributed by atoms with Crippen molar-refractivity contribution < 1.29 is 42.9 Å². The molecule has 2 heterocycles. The summed E-state index contributed by atoms with van der Waals surface area (Å²) in [7, 11) is 1.20. The van der Waals surface area contributed by atoms with Gasteiger partial charge < -0.3 is 23.7 Å². The summed E-state index contributed by atoms with van der Waals surface area (Å²) in [6.07, 6.45) is 0.540. The molecule has 9 nitrogen and oxygen atoms in total. The van der Waals surface area contributed by atoms with Crippen LogP contribution in [0.5, 0.6) is 0 Å². The van der Waals surface area contributed by atoms with Gasteiger partial charge in [0.15, 0.2) is 17.8 Å². The lowest BCUT2D eigenvalue weighted by Gasteiger charge is -2.33. The minimum Gasteiger partial charge on any atom is -0.466 e. The monoisotopic (exact) mass is 448 g/mol. The molecule has 2 fully saturated rings. The number of rotatable bonds is 4. The van der Waals surface area contributed by atoms with Gasteiger partial charge in [-0.3, -0.25) is 4.79 Å². The molecule has 0 aromatic carbocycles. The Hall–Kier alpha value is -2.94. The molecule has 3 aliphatic rings. The van der Waals surface area contributed by atoms with Gasteiger partial charge in [0.1, 0.15) is 6.10 Å². The zero-order valence-electron chi connectivity index (χ0n) is 18.8. The molecular formula is C23H28O9. The van der Waals surface area contributed by atoms with E-state index in [2.05, 4.69) is 6.58 Å². The first-order chi connectivity index (χ1) is 15.0. The van der Waals surface area contributed by atoms with Crippen molar-refractivity contribution in [2.45, 2.75) is 70.6 Å². The fraction of sp³-hybridized carbons (Fsp3) is 0.565. The second-order valence-electron chi connectivity index (χ2n) is 8.39. The smallest absolute Gasteiger partial charge is 0.341 e. The molecule has 0 radical (unpaired) electrons. The Balaban J connectivity index is 2.14. The first-order valence-corrected chi connectivity index (χ1v) is 10.4. The minimum absolute atomic E-state index is 0.0102. The highest BCUT2D eigenvalue weighted by Gasteiger charge is 2.59. The molecular weight excluding hydrogens is 420 g/mol. The molecule has 0 amide bonds. The molecule has 6 atom stereocenters. The van der Waals surface area contributed by atoms with Crippen LogP contribution in [0.3, 0.4) is 0 Å². The highest BCUT2D eigenvalue weighted by molar-refractivity contribution is 5.93. The molecule has 2 aliphatic heterocycles. The Kier molecular flexibility index (Phi) is 6.59. The average molecular weight is 448 g/mol. The molecule has 0 spiro atoms. The Morgan fingerprint density at radius 1 is 1.25 bits per heavy atom. The quantitative estimate of drug-likeness (QED) is 0.209. The van der Waals surface area contributed by atoms with E-state index in [1.807, 2.05) is 6.92 Å². The molecule has 0 aromatic rings. The summed E-state index contributed by atoms with van der Waals surface area (Å²) in [5.74, 6) is -3.70. The first kappa shape index (κ1) is 23.7. The van der Waals surface area contributed by atoms with E-state index in [1.165, 1.54) is 14.0 Å². The Morgan fingerprint density at radius 3 is 2.47 bits per heavy atom. The number of esters is 4. The number of fused-ring (bicyclic) bond motifs is 1.